The molecule has 5 heteroatoms. The Morgan fingerprint density at radius 2 is 2.11 bits per heavy atom. The number of amides is 1. The summed E-state index contributed by atoms with van der Waals surface area (Å²) in [7, 11) is 0. The van der Waals surface area contributed by atoms with Gasteiger partial charge in [-0.2, -0.15) is 0 Å². The molecule has 1 N–H and O–H groups in total. The standard InChI is InChI=1S/C13H12BrNO2S/c1-2-17-10-6-4-3-5-9(10)15-13(16)11-7-8-12(14)18-11/h3-8H,2H2,1H3,(H,15,16). The Morgan fingerprint density at radius 3 is 2.78 bits per heavy atom. The minimum atomic E-state index is -0.127. The molecule has 0 aliphatic carbocycles. The van der Waals surface area contributed by atoms with Crippen molar-refractivity contribution in [1.82, 2.24) is 0 Å². The van der Waals surface area contributed by atoms with Crippen LogP contribution in [0.1, 0.15) is 16.6 Å². The third kappa shape index (κ3) is 3.11. The lowest BCUT2D eigenvalue weighted by Gasteiger charge is -2.10. The van der Waals surface area contributed by atoms with Gasteiger partial charge in [0.15, 0.2) is 0 Å². The first-order valence-corrected chi connectivity index (χ1v) is 7.10. The molecule has 1 amide bonds. The number of para-hydroxylation sites is 2. The van der Waals surface area contributed by atoms with E-state index in [0.29, 0.717) is 22.9 Å². The van der Waals surface area contributed by atoms with E-state index in [1.54, 1.807) is 6.07 Å². The second-order valence-corrected chi connectivity index (χ2v) is 5.95. The van der Waals surface area contributed by atoms with Crippen LogP contribution in [0.4, 0.5) is 5.69 Å². The molecule has 18 heavy (non-hydrogen) atoms. The van der Waals surface area contributed by atoms with E-state index in [1.807, 2.05) is 37.3 Å². The summed E-state index contributed by atoms with van der Waals surface area (Å²) in [6.45, 7) is 2.48. The van der Waals surface area contributed by atoms with Gasteiger partial charge in [0, 0.05) is 0 Å². The topological polar surface area (TPSA) is 38.3 Å². The fourth-order valence-electron chi connectivity index (χ4n) is 1.47. The second-order valence-electron chi connectivity index (χ2n) is 3.49. The van der Waals surface area contributed by atoms with E-state index in [4.69, 9.17) is 4.74 Å². The zero-order chi connectivity index (χ0) is 13.0. The molecule has 0 saturated heterocycles. The van der Waals surface area contributed by atoms with Crippen molar-refractivity contribution in [2.24, 2.45) is 0 Å². The molecule has 1 heterocycles. The molecule has 2 rings (SSSR count). The van der Waals surface area contributed by atoms with Crippen LogP contribution < -0.4 is 10.1 Å². The zero-order valence-corrected chi connectivity index (χ0v) is 12.2. The van der Waals surface area contributed by atoms with Crippen molar-refractivity contribution in [3.05, 3.63) is 45.1 Å². The summed E-state index contributed by atoms with van der Waals surface area (Å²) in [4.78, 5) is 12.7. The number of ether oxygens (including phenoxy) is 1. The maximum atomic E-state index is 12.0. The lowest BCUT2D eigenvalue weighted by molar-refractivity contribution is 0.103. The SMILES string of the molecule is CCOc1ccccc1NC(=O)c1ccc(Br)s1. The molecule has 0 unspecified atom stereocenters. The van der Waals surface area contributed by atoms with Crippen LogP contribution in [0.2, 0.25) is 0 Å². The van der Waals surface area contributed by atoms with Gasteiger partial charge in [0.2, 0.25) is 0 Å². The molecule has 3 nitrogen and oxygen atoms in total. The highest BCUT2D eigenvalue weighted by Gasteiger charge is 2.11. The van der Waals surface area contributed by atoms with E-state index >= 15 is 0 Å². The summed E-state index contributed by atoms with van der Waals surface area (Å²) in [6.07, 6.45) is 0. The van der Waals surface area contributed by atoms with E-state index in [9.17, 15) is 4.79 Å². The van der Waals surface area contributed by atoms with Crippen LogP contribution in [0.15, 0.2) is 40.2 Å². The van der Waals surface area contributed by atoms with Crippen LogP contribution in [0.25, 0.3) is 0 Å². The van der Waals surface area contributed by atoms with Gasteiger partial charge in [-0.1, -0.05) is 12.1 Å². The largest absolute Gasteiger partial charge is 0.492 e. The van der Waals surface area contributed by atoms with Gasteiger partial charge < -0.3 is 10.1 Å². The zero-order valence-electron chi connectivity index (χ0n) is 9.77. The highest BCUT2D eigenvalue weighted by atomic mass is 79.9. The van der Waals surface area contributed by atoms with Crippen LogP contribution in [-0.2, 0) is 0 Å². The number of carbonyl (C=O) groups excluding carboxylic acids is 1. The van der Waals surface area contributed by atoms with Crippen molar-refractivity contribution in [2.75, 3.05) is 11.9 Å². The maximum absolute atomic E-state index is 12.0. The summed E-state index contributed by atoms with van der Waals surface area (Å²) in [5.41, 5.74) is 0.689. The molecule has 0 atom stereocenters. The van der Waals surface area contributed by atoms with Crippen molar-refractivity contribution < 1.29 is 9.53 Å². The molecule has 1 aromatic heterocycles. The summed E-state index contributed by atoms with van der Waals surface area (Å²) in [5, 5.41) is 2.85. The highest BCUT2D eigenvalue weighted by molar-refractivity contribution is 9.11. The van der Waals surface area contributed by atoms with Crippen LogP contribution in [0.5, 0.6) is 5.75 Å². The molecule has 2 aromatic rings. The molecule has 0 aliphatic rings. The molecule has 0 bridgehead atoms. The molecule has 0 fully saturated rings. The Labute approximate surface area is 118 Å². The number of rotatable bonds is 4. The van der Waals surface area contributed by atoms with Gasteiger partial charge in [0.1, 0.15) is 5.75 Å². The Morgan fingerprint density at radius 1 is 1.33 bits per heavy atom. The minimum absolute atomic E-state index is 0.127. The Balaban J connectivity index is 2.16. The second kappa shape index (κ2) is 6.02. The Hall–Kier alpha value is -1.33. The van der Waals surface area contributed by atoms with Gasteiger partial charge in [-0.25, -0.2) is 0 Å². The quantitative estimate of drug-likeness (QED) is 0.916. The van der Waals surface area contributed by atoms with E-state index in [1.165, 1.54) is 11.3 Å². The van der Waals surface area contributed by atoms with Crippen molar-refractivity contribution in [1.29, 1.82) is 0 Å². The molecule has 1 aromatic carbocycles. The van der Waals surface area contributed by atoms with E-state index in [0.717, 1.165) is 3.79 Å². The first-order valence-electron chi connectivity index (χ1n) is 5.49. The normalized spacial score (nSPS) is 10.1. The average molecular weight is 326 g/mol. The average Bonchev–Trinajstić information content (AvgIpc) is 2.79. The lowest BCUT2D eigenvalue weighted by atomic mass is 10.3. The van der Waals surface area contributed by atoms with Crippen LogP contribution in [-0.4, -0.2) is 12.5 Å². The summed E-state index contributed by atoms with van der Waals surface area (Å²) >= 11 is 4.74. The van der Waals surface area contributed by atoms with Gasteiger partial charge in [-0.3, -0.25) is 4.79 Å². The van der Waals surface area contributed by atoms with Crippen LogP contribution in [0, 0.1) is 0 Å². The predicted molar refractivity (Wildman–Crippen MR) is 77.6 cm³/mol. The lowest BCUT2D eigenvalue weighted by Crippen LogP contribution is -2.11. The molecule has 0 saturated carbocycles. The number of halogens is 1. The third-order valence-electron chi connectivity index (χ3n) is 2.23. The number of nitrogens with one attached hydrogen (secondary N) is 1. The fraction of sp³-hybridized carbons (Fsp3) is 0.154. The van der Waals surface area contributed by atoms with E-state index in [-0.39, 0.29) is 5.91 Å². The van der Waals surface area contributed by atoms with Crippen LogP contribution in [0.3, 0.4) is 0 Å². The van der Waals surface area contributed by atoms with Gasteiger partial charge in [-0.05, 0) is 47.1 Å². The first-order chi connectivity index (χ1) is 8.70. The smallest absolute Gasteiger partial charge is 0.265 e. The summed E-state index contributed by atoms with van der Waals surface area (Å²) in [5.74, 6) is 0.557. The number of anilines is 1. The number of carbonyl (C=O) groups is 1. The molecule has 0 spiro atoms. The Bertz CT molecular complexity index is 553. The number of hydrogen-bond donors (Lipinski definition) is 1. The van der Waals surface area contributed by atoms with Gasteiger partial charge in [-0.15, -0.1) is 11.3 Å². The number of hydrogen-bond acceptors (Lipinski definition) is 3. The fourth-order valence-corrected chi connectivity index (χ4v) is 2.75. The molecule has 94 valence electrons. The molecular weight excluding hydrogens is 314 g/mol. The number of thiophene rings is 1. The van der Waals surface area contributed by atoms with Crippen molar-refractivity contribution in [3.8, 4) is 5.75 Å². The summed E-state index contributed by atoms with van der Waals surface area (Å²) < 4.78 is 6.39. The number of benzene rings is 1. The maximum Gasteiger partial charge on any atom is 0.265 e. The highest BCUT2D eigenvalue weighted by Crippen LogP contribution is 2.26. The van der Waals surface area contributed by atoms with Gasteiger partial charge >= 0.3 is 0 Å². The van der Waals surface area contributed by atoms with E-state index < -0.39 is 0 Å². The van der Waals surface area contributed by atoms with Crippen molar-refractivity contribution in [3.63, 3.8) is 0 Å². The predicted octanol–water partition coefficient (Wildman–Crippen LogP) is 4.16. The van der Waals surface area contributed by atoms with Crippen molar-refractivity contribution in [2.45, 2.75) is 6.92 Å². The van der Waals surface area contributed by atoms with Crippen molar-refractivity contribution >= 4 is 38.9 Å². The molecular formula is C13H12BrNO2S. The summed E-state index contributed by atoms with van der Waals surface area (Å²) in [6, 6.07) is 11.0. The minimum Gasteiger partial charge on any atom is -0.492 e. The molecule has 0 aliphatic heterocycles. The van der Waals surface area contributed by atoms with E-state index in [2.05, 4.69) is 21.2 Å². The first kappa shape index (κ1) is 13.1. The monoisotopic (exact) mass is 325 g/mol. The van der Waals surface area contributed by atoms with Gasteiger partial charge in [0.05, 0.1) is 21.0 Å². The Kier molecular flexibility index (Phi) is 4.38. The molecule has 0 radical (unpaired) electrons. The van der Waals surface area contributed by atoms with Crippen LogP contribution >= 0.6 is 27.3 Å². The van der Waals surface area contributed by atoms with Gasteiger partial charge in [0.25, 0.3) is 5.91 Å². The third-order valence-corrected chi connectivity index (χ3v) is 3.85.